The van der Waals surface area contributed by atoms with Gasteiger partial charge in [0, 0.05) is 18.2 Å². The van der Waals surface area contributed by atoms with Gasteiger partial charge in [0.25, 0.3) is 0 Å². The van der Waals surface area contributed by atoms with Crippen LogP contribution in [0.1, 0.15) is 18.5 Å². The molecule has 1 aromatic heterocycles. The number of fused-ring (bicyclic) bond motifs is 1. The van der Waals surface area contributed by atoms with Crippen LogP contribution in [-0.4, -0.2) is 33.3 Å². The van der Waals surface area contributed by atoms with Crippen LogP contribution in [0.3, 0.4) is 0 Å². The molecule has 17 heavy (non-hydrogen) atoms. The molecule has 3 rings (SSSR count). The fourth-order valence-electron chi connectivity index (χ4n) is 2.17. The first-order chi connectivity index (χ1) is 8.33. The van der Waals surface area contributed by atoms with Crippen molar-refractivity contribution in [2.24, 2.45) is 0 Å². The first kappa shape index (κ1) is 11.9. The number of aromatic nitrogens is 2. The van der Waals surface area contributed by atoms with Crippen molar-refractivity contribution >= 4 is 40.9 Å². The first-order valence-corrected chi connectivity index (χ1v) is 8.38. The third-order valence-corrected chi connectivity index (χ3v) is 5.40. The summed E-state index contributed by atoms with van der Waals surface area (Å²) in [5, 5.41) is 3.93. The van der Waals surface area contributed by atoms with Gasteiger partial charge < -0.3 is 5.32 Å². The molecule has 0 radical (unpaired) electrons. The molecule has 1 fully saturated rings. The SMILES string of the molecule is Clc1nc2c(c(NC3CCSCC3)n1)SCC2. The van der Waals surface area contributed by atoms with Gasteiger partial charge in [-0.2, -0.15) is 16.7 Å². The standard InChI is InChI=1S/C11H14ClN3S2/c12-11-14-8-3-6-17-9(8)10(15-11)13-7-1-4-16-5-2-7/h7H,1-6H2,(H,13,14,15). The summed E-state index contributed by atoms with van der Waals surface area (Å²) in [4.78, 5) is 9.87. The Balaban J connectivity index is 1.82. The highest BCUT2D eigenvalue weighted by atomic mass is 35.5. The summed E-state index contributed by atoms with van der Waals surface area (Å²) >= 11 is 9.84. The predicted octanol–water partition coefficient (Wildman–Crippen LogP) is 3.09. The summed E-state index contributed by atoms with van der Waals surface area (Å²) in [7, 11) is 0. The fraction of sp³-hybridized carbons (Fsp3) is 0.636. The number of hydrogen-bond acceptors (Lipinski definition) is 5. The molecule has 0 unspecified atom stereocenters. The molecule has 0 amide bonds. The summed E-state index contributed by atoms with van der Waals surface area (Å²) < 4.78 is 0. The van der Waals surface area contributed by atoms with E-state index in [1.54, 1.807) is 0 Å². The van der Waals surface area contributed by atoms with Gasteiger partial charge in [0.2, 0.25) is 5.28 Å². The van der Waals surface area contributed by atoms with Crippen LogP contribution in [0.15, 0.2) is 4.90 Å². The van der Waals surface area contributed by atoms with Gasteiger partial charge in [-0.05, 0) is 35.9 Å². The Labute approximate surface area is 115 Å². The normalized spacial score (nSPS) is 20.3. The Morgan fingerprint density at radius 3 is 2.82 bits per heavy atom. The monoisotopic (exact) mass is 287 g/mol. The highest BCUT2D eigenvalue weighted by Crippen LogP contribution is 2.36. The minimum Gasteiger partial charge on any atom is -0.366 e. The molecule has 3 heterocycles. The summed E-state index contributed by atoms with van der Waals surface area (Å²) in [6.45, 7) is 0. The molecular weight excluding hydrogens is 274 g/mol. The van der Waals surface area contributed by atoms with Crippen molar-refractivity contribution in [3.63, 3.8) is 0 Å². The number of nitrogens with one attached hydrogen (secondary N) is 1. The number of halogens is 1. The van der Waals surface area contributed by atoms with Crippen molar-refractivity contribution in [1.82, 2.24) is 9.97 Å². The fourth-order valence-corrected chi connectivity index (χ4v) is 4.52. The smallest absolute Gasteiger partial charge is 0.224 e. The number of hydrogen-bond donors (Lipinski definition) is 1. The van der Waals surface area contributed by atoms with Crippen molar-refractivity contribution in [3.8, 4) is 0 Å². The zero-order chi connectivity index (χ0) is 11.7. The largest absolute Gasteiger partial charge is 0.366 e. The van der Waals surface area contributed by atoms with Gasteiger partial charge in [0.15, 0.2) is 0 Å². The van der Waals surface area contributed by atoms with Crippen LogP contribution in [0.25, 0.3) is 0 Å². The number of rotatable bonds is 2. The molecule has 1 saturated heterocycles. The van der Waals surface area contributed by atoms with Crippen LogP contribution in [0.4, 0.5) is 5.82 Å². The van der Waals surface area contributed by atoms with Gasteiger partial charge in [-0.15, -0.1) is 11.8 Å². The molecular formula is C11H14ClN3S2. The van der Waals surface area contributed by atoms with E-state index in [1.807, 2.05) is 23.5 Å². The molecule has 0 bridgehead atoms. The Hall–Kier alpha value is -0.130. The quantitative estimate of drug-likeness (QED) is 0.846. The molecule has 92 valence electrons. The lowest BCUT2D eigenvalue weighted by molar-refractivity contribution is 0.660. The van der Waals surface area contributed by atoms with Gasteiger partial charge in [-0.1, -0.05) is 0 Å². The minimum absolute atomic E-state index is 0.374. The maximum Gasteiger partial charge on any atom is 0.224 e. The summed E-state index contributed by atoms with van der Waals surface area (Å²) in [6.07, 6.45) is 3.44. The van der Waals surface area contributed by atoms with E-state index in [0.717, 1.165) is 23.7 Å². The predicted molar refractivity (Wildman–Crippen MR) is 75.4 cm³/mol. The maximum absolute atomic E-state index is 5.97. The van der Waals surface area contributed by atoms with E-state index in [2.05, 4.69) is 15.3 Å². The van der Waals surface area contributed by atoms with Crippen LogP contribution in [0.2, 0.25) is 5.28 Å². The molecule has 0 atom stereocenters. The third kappa shape index (κ3) is 2.66. The molecule has 1 N–H and O–H groups in total. The van der Waals surface area contributed by atoms with Gasteiger partial charge in [0.05, 0.1) is 10.6 Å². The molecule has 2 aliphatic heterocycles. The molecule has 0 saturated carbocycles. The van der Waals surface area contributed by atoms with Crippen LogP contribution in [0, 0.1) is 0 Å². The van der Waals surface area contributed by atoms with Crippen molar-refractivity contribution in [2.75, 3.05) is 22.6 Å². The van der Waals surface area contributed by atoms with Crippen molar-refractivity contribution in [3.05, 3.63) is 11.0 Å². The molecule has 0 aromatic carbocycles. The van der Waals surface area contributed by atoms with Gasteiger partial charge in [0.1, 0.15) is 5.82 Å². The molecule has 6 heteroatoms. The Bertz CT molecular complexity index is 421. The van der Waals surface area contributed by atoms with E-state index in [0.29, 0.717) is 11.3 Å². The zero-order valence-electron chi connectivity index (χ0n) is 9.41. The average molecular weight is 288 g/mol. The lowest BCUT2D eigenvalue weighted by Gasteiger charge is -2.23. The Morgan fingerprint density at radius 2 is 2.00 bits per heavy atom. The summed E-state index contributed by atoms with van der Waals surface area (Å²) in [5.74, 6) is 4.54. The van der Waals surface area contributed by atoms with Crippen molar-refractivity contribution in [2.45, 2.75) is 30.2 Å². The highest BCUT2D eigenvalue weighted by molar-refractivity contribution is 7.99. The van der Waals surface area contributed by atoms with E-state index in [9.17, 15) is 0 Å². The zero-order valence-corrected chi connectivity index (χ0v) is 11.8. The second-order valence-corrected chi connectivity index (χ2v) is 6.91. The van der Waals surface area contributed by atoms with E-state index < -0.39 is 0 Å². The van der Waals surface area contributed by atoms with Gasteiger partial charge in [-0.25, -0.2) is 4.98 Å². The molecule has 3 nitrogen and oxygen atoms in total. The topological polar surface area (TPSA) is 37.8 Å². The van der Waals surface area contributed by atoms with Gasteiger partial charge >= 0.3 is 0 Å². The third-order valence-electron chi connectivity index (χ3n) is 3.06. The van der Waals surface area contributed by atoms with E-state index in [1.165, 1.54) is 29.2 Å². The number of thioether (sulfide) groups is 2. The second-order valence-electron chi connectivity index (χ2n) is 4.25. The second kappa shape index (κ2) is 5.24. The summed E-state index contributed by atoms with van der Waals surface area (Å²) in [6, 6.07) is 0.549. The highest BCUT2D eigenvalue weighted by Gasteiger charge is 2.22. The van der Waals surface area contributed by atoms with E-state index in [-0.39, 0.29) is 0 Å². The lowest BCUT2D eigenvalue weighted by atomic mass is 10.1. The van der Waals surface area contributed by atoms with Crippen LogP contribution >= 0.6 is 35.1 Å². The van der Waals surface area contributed by atoms with Crippen molar-refractivity contribution in [1.29, 1.82) is 0 Å². The Morgan fingerprint density at radius 1 is 1.18 bits per heavy atom. The molecule has 0 spiro atoms. The number of nitrogens with zero attached hydrogens (tertiary/aromatic N) is 2. The van der Waals surface area contributed by atoms with Crippen LogP contribution < -0.4 is 5.32 Å². The average Bonchev–Trinajstić information content (AvgIpc) is 2.78. The lowest BCUT2D eigenvalue weighted by Crippen LogP contribution is -2.25. The minimum atomic E-state index is 0.374. The molecule has 2 aliphatic rings. The van der Waals surface area contributed by atoms with E-state index >= 15 is 0 Å². The maximum atomic E-state index is 5.97. The van der Waals surface area contributed by atoms with Crippen LogP contribution in [-0.2, 0) is 6.42 Å². The number of anilines is 1. The van der Waals surface area contributed by atoms with Crippen molar-refractivity contribution < 1.29 is 0 Å². The Kier molecular flexibility index (Phi) is 3.68. The number of aryl methyl sites for hydroxylation is 1. The van der Waals surface area contributed by atoms with Gasteiger partial charge in [-0.3, -0.25) is 0 Å². The molecule has 1 aromatic rings. The molecule has 0 aliphatic carbocycles. The summed E-state index contributed by atoms with van der Waals surface area (Å²) in [5.41, 5.74) is 1.11. The van der Waals surface area contributed by atoms with Crippen LogP contribution in [0.5, 0.6) is 0 Å². The van der Waals surface area contributed by atoms with E-state index in [4.69, 9.17) is 11.6 Å². The first-order valence-electron chi connectivity index (χ1n) is 5.86.